The summed E-state index contributed by atoms with van der Waals surface area (Å²) in [5, 5.41) is 18.6. The molecule has 3 rings (SSSR count). The summed E-state index contributed by atoms with van der Waals surface area (Å²) in [5.74, 6) is -0.753. The molecule has 0 aliphatic heterocycles. The Morgan fingerprint density at radius 1 is 1.19 bits per heavy atom. The third kappa shape index (κ3) is 4.14. The van der Waals surface area contributed by atoms with Gasteiger partial charge in [0.05, 0.1) is 10.5 Å². The van der Waals surface area contributed by atoms with E-state index in [4.69, 9.17) is 4.52 Å². The van der Waals surface area contributed by atoms with Gasteiger partial charge in [0, 0.05) is 17.8 Å². The van der Waals surface area contributed by atoms with E-state index in [2.05, 4.69) is 10.6 Å². The van der Waals surface area contributed by atoms with Gasteiger partial charge in [0.2, 0.25) is 11.6 Å². The molecule has 6 nitrogen and oxygen atoms in total. The molecular formula is C20H21N3O3S. The summed E-state index contributed by atoms with van der Waals surface area (Å²) in [5.41, 5.74) is 4.70. The molecule has 140 valence electrons. The van der Waals surface area contributed by atoms with E-state index in [1.165, 1.54) is 4.68 Å². The van der Waals surface area contributed by atoms with Crippen molar-refractivity contribution in [1.82, 2.24) is 5.27 Å². The summed E-state index contributed by atoms with van der Waals surface area (Å²) in [7, 11) is 0. The van der Waals surface area contributed by atoms with Crippen molar-refractivity contribution in [2.75, 3.05) is 5.32 Å². The lowest BCUT2D eigenvalue weighted by atomic mass is 10.1. The molecule has 1 atom stereocenters. The molecule has 1 heterocycles. The lowest BCUT2D eigenvalue weighted by Crippen LogP contribution is -2.36. The Bertz CT molecular complexity index is 967. The first-order chi connectivity index (χ1) is 12.9. The number of amides is 1. The maximum atomic E-state index is 12.6. The number of aromatic nitrogens is 2. The van der Waals surface area contributed by atoms with Gasteiger partial charge >= 0.3 is 0 Å². The molecule has 0 spiro atoms. The van der Waals surface area contributed by atoms with E-state index >= 15 is 0 Å². The number of rotatable bonds is 5. The minimum absolute atomic E-state index is 0.190. The number of carbonyl (C=O) groups is 1. The topological polar surface area (TPSA) is 82.1 Å². The first-order valence-electron chi connectivity index (χ1n) is 8.56. The van der Waals surface area contributed by atoms with Crippen molar-refractivity contribution >= 4 is 23.4 Å². The van der Waals surface area contributed by atoms with E-state index in [-0.39, 0.29) is 10.9 Å². The molecule has 0 fully saturated rings. The normalized spacial score (nSPS) is 12.0. The van der Waals surface area contributed by atoms with Crippen LogP contribution in [0.3, 0.4) is 0 Å². The van der Waals surface area contributed by atoms with Crippen LogP contribution in [-0.4, -0.2) is 16.4 Å². The summed E-state index contributed by atoms with van der Waals surface area (Å²) >= 11 is 1.12. The molecule has 7 heteroatoms. The number of aryl methyl sites for hydroxylation is 2. The second kappa shape index (κ2) is 7.84. The molecule has 1 unspecified atom stereocenters. The Labute approximate surface area is 162 Å². The largest absolute Gasteiger partial charge is 0.538 e. The average molecular weight is 383 g/mol. The van der Waals surface area contributed by atoms with Crippen LogP contribution >= 0.6 is 11.8 Å². The van der Waals surface area contributed by atoms with Crippen LogP contribution in [0.1, 0.15) is 23.6 Å². The number of benzene rings is 2. The van der Waals surface area contributed by atoms with Crippen LogP contribution in [0.15, 0.2) is 52.0 Å². The first kappa shape index (κ1) is 19.0. The molecule has 0 bridgehead atoms. The fourth-order valence-electron chi connectivity index (χ4n) is 2.53. The van der Waals surface area contributed by atoms with Crippen molar-refractivity contribution < 1.29 is 19.1 Å². The number of hydrogen-bond donors (Lipinski definition) is 1. The fourth-order valence-corrected chi connectivity index (χ4v) is 3.40. The highest BCUT2D eigenvalue weighted by Crippen LogP contribution is 2.28. The zero-order valence-corrected chi connectivity index (χ0v) is 16.5. The minimum atomic E-state index is -0.563. The molecule has 0 saturated heterocycles. The van der Waals surface area contributed by atoms with Gasteiger partial charge in [-0.3, -0.25) is 4.79 Å². The summed E-state index contributed by atoms with van der Waals surface area (Å²) in [6.45, 7) is 7.68. The number of carbonyl (C=O) groups excluding carboxylic acids is 1. The molecule has 0 aliphatic rings. The SMILES string of the molecule is Cc1ccc(-[n+]2noc([O-])c2SC(C)C(=O)Nc2cccc(C)c2C)cc1. The third-order valence-electron chi connectivity index (χ3n) is 4.37. The monoisotopic (exact) mass is 383 g/mol. The smallest absolute Gasteiger partial charge is 0.298 e. The van der Waals surface area contributed by atoms with Crippen LogP contribution in [0.2, 0.25) is 0 Å². The van der Waals surface area contributed by atoms with Gasteiger partial charge in [0.15, 0.2) is 5.95 Å². The molecule has 27 heavy (non-hydrogen) atoms. The summed E-state index contributed by atoms with van der Waals surface area (Å²) in [6, 6.07) is 13.3. The quantitative estimate of drug-likeness (QED) is 0.541. The summed E-state index contributed by atoms with van der Waals surface area (Å²) in [6.07, 6.45) is 0. The average Bonchev–Trinajstić information content (AvgIpc) is 3.00. The number of hydrogen-bond acceptors (Lipinski definition) is 5. The second-order valence-corrected chi connectivity index (χ2v) is 7.74. The first-order valence-corrected chi connectivity index (χ1v) is 9.44. The maximum absolute atomic E-state index is 12.6. The highest BCUT2D eigenvalue weighted by molar-refractivity contribution is 8.00. The van der Waals surface area contributed by atoms with Crippen molar-refractivity contribution in [2.45, 2.75) is 38.0 Å². The summed E-state index contributed by atoms with van der Waals surface area (Å²) < 4.78 is 6.24. The van der Waals surface area contributed by atoms with Crippen molar-refractivity contribution in [3.8, 4) is 11.6 Å². The third-order valence-corrected chi connectivity index (χ3v) is 5.50. The number of anilines is 1. The number of thioether (sulfide) groups is 1. The second-order valence-electron chi connectivity index (χ2n) is 6.41. The number of nitrogens with one attached hydrogen (secondary N) is 1. The Balaban J connectivity index is 1.79. The Kier molecular flexibility index (Phi) is 5.51. The van der Waals surface area contributed by atoms with Crippen molar-refractivity contribution in [1.29, 1.82) is 0 Å². The Morgan fingerprint density at radius 3 is 2.59 bits per heavy atom. The lowest BCUT2D eigenvalue weighted by Gasteiger charge is -2.13. The van der Waals surface area contributed by atoms with E-state index in [1.807, 2.05) is 63.2 Å². The Hall–Kier alpha value is -2.80. The Morgan fingerprint density at radius 2 is 1.89 bits per heavy atom. The molecular weight excluding hydrogens is 362 g/mol. The van der Waals surface area contributed by atoms with Crippen molar-refractivity contribution in [3.05, 3.63) is 59.2 Å². The molecule has 2 aromatic carbocycles. The zero-order chi connectivity index (χ0) is 19.6. The molecule has 1 aromatic heterocycles. The van der Waals surface area contributed by atoms with E-state index in [0.29, 0.717) is 5.69 Å². The lowest BCUT2D eigenvalue weighted by molar-refractivity contribution is -0.705. The van der Waals surface area contributed by atoms with Gasteiger partial charge in [0.25, 0.3) is 5.03 Å². The van der Waals surface area contributed by atoms with Crippen LogP contribution in [0.5, 0.6) is 5.95 Å². The summed E-state index contributed by atoms with van der Waals surface area (Å²) in [4.78, 5) is 12.6. The van der Waals surface area contributed by atoms with E-state index in [0.717, 1.165) is 34.1 Å². The molecule has 0 aliphatic carbocycles. The van der Waals surface area contributed by atoms with Crippen LogP contribution in [0.25, 0.3) is 5.69 Å². The predicted octanol–water partition coefficient (Wildman–Crippen LogP) is 3.07. The van der Waals surface area contributed by atoms with Crippen molar-refractivity contribution in [2.24, 2.45) is 0 Å². The molecule has 1 N–H and O–H groups in total. The van der Waals surface area contributed by atoms with E-state index in [9.17, 15) is 9.90 Å². The van der Waals surface area contributed by atoms with Crippen LogP contribution in [0.4, 0.5) is 5.69 Å². The zero-order valence-electron chi connectivity index (χ0n) is 15.6. The van der Waals surface area contributed by atoms with E-state index in [1.54, 1.807) is 6.92 Å². The van der Waals surface area contributed by atoms with Crippen LogP contribution in [-0.2, 0) is 4.79 Å². The van der Waals surface area contributed by atoms with Crippen LogP contribution < -0.4 is 15.1 Å². The highest BCUT2D eigenvalue weighted by atomic mass is 32.2. The molecule has 0 radical (unpaired) electrons. The van der Waals surface area contributed by atoms with E-state index < -0.39 is 11.2 Å². The minimum Gasteiger partial charge on any atom is -0.538 e. The number of nitrogens with zero attached hydrogens (tertiary/aromatic N) is 2. The molecule has 1 amide bonds. The van der Waals surface area contributed by atoms with Crippen LogP contribution in [0, 0.1) is 20.8 Å². The highest BCUT2D eigenvalue weighted by Gasteiger charge is 2.26. The molecule has 0 saturated carbocycles. The van der Waals surface area contributed by atoms with Crippen molar-refractivity contribution in [3.63, 3.8) is 0 Å². The van der Waals surface area contributed by atoms with Gasteiger partial charge in [-0.05, 0) is 61.3 Å². The molecule has 3 aromatic rings. The fraction of sp³-hybridized carbons (Fsp3) is 0.250. The van der Waals surface area contributed by atoms with Gasteiger partial charge < -0.3 is 14.9 Å². The van der Waals surface area contributed by atoms with Gasteiger partial charge in [-0.2, -0.15) is 0 Å². The van der Waals surface area contributed by atoms with Gasteiger partial charge in [-0.25, -0.2) is 0 Å². The van der Waals surface area contributed by atoms with Gasteiger partial charge in [-0.15, -0.1) is 0 Å². The maximum Gasteiger partial charge on any atom is 0.298 e. The predicted molar refractivity (Wildman–Crippen MR) is 102 cm³/mol. The standard InChI is InChI=1S/C20H21N3O3S/c1-12-8-10-16(11-9-12)23-19(20(25)26-22-23)27-15(4)18(24)21-17-7-5-6-13(2)14(17)3/h5-11,15H,1-4H3,(H-,21,22,24,25). The van der Waals surface area contributed by atoms with Gasteiger partial charge in [-0.1, -0.05) is 29.8 Å². The van der Waals surface area contributed by atoms with Gasteiger partial charge in [0.1, 0.15) is 0 Å².